The van der Waals surface area contributed by atoms with Gasteiger partial charge in [0.2, 0.25) is 0 Å². The van der Waals surface area contributed by atoms with E-state index in [1.165, 1.54) is 11.3 Å². The van der Waals surface area contributed by atoms with Gasteiger partial charge in [-0.1, -0.05) is 29.6 Å². The van der Waals surface area contributed by atoms with Crippen molar-refractivity contribution in [2.75, 3.05) is 17.2 Å². The molecule has 1 amide bonds. The first-order valence-corrected chi connectivity index (χ1v) is 8.36. The molecule has 1 aliphatic carbocycles. The predicted octanol–water partition coefficient (Wildman–Crippen LogP) is 3.42. The first kappa shape index (κ1) is 15.4. The zero-order chi connectivity index (χ0) is 16.2. The van der Waals surface area contributed by atoms with Crippen molar-refractivity contribution in [3.63, 3.8) is 0 Å². The molecular formula is C17H18N4OS. The number of amides is 1. The summed E-state index contributed by atoms with van der Waals surface area (Å²) >= 11 is 1.42. The van der Waals surface area contributed by atoms with Crippen LogP contribution in [0.5, 0.6) is 0 Å². The van der Waals surface area contributed by atoms with Crippen molar-refractivity contribution in [1.82, 2.24) is 9.97 Å². The highest BCUT2D eigenvalue weighted by atomic mass is 32.1. The molecule has 2 aromatic heterocycles. The summed E-state index contributed by atoms with van der Waals surface area (Å²) in [6, 6.07) is 3.79. The van der Waals surface area contributed by atoms with E-state index in [-0.39, 0.29) is 5.91 Å². The molecule has 0 fully saturated rings. The Labute approximate surface area is 139 Å². The van der Waals surface area contributed by atoms with Gasteiger partial charge in [-0.15, -0.1) is 0 Å². The quantitative estimate of drug-likeness (QED) is 0.934. The van der Waals surface area contributed by atoms with Crippen molar-refractivity contribution in [3.8, 4) is 10.6 Å². The predicted molar refractivity (Wildman–Crippen MR) is 94.2 cm³/mol. The number of carbonyl (C=O) groups is 1. The molecule has 23 heavy (non-hydrogen) atoms. The third kappa shape index (κ3) is 3.17. The van der Waals surface area contributed by atoms with Gasteiger partial charge in [0.05, 0.1) is 0 Å². The smallest absolute Gasteiger partial charge is 0.254 e. The van der Waals surface area contributed by atoms with Crippen LogP contribution in [0.1, 0.15) is 19.8 Å². The number of likely N-dealkylation sites (N-methyl/N-ethyl adjacent to an activating group) is 1. The van der Waals surface area contributed by atoms with Crippen LogP contribution in [0, 0.1) is 0 Å². The van der Waals surface area contributed by atoms with Gasteiger partial charge in [0.25, 0.3) is 5.91 Å². The van der Waals surface area contributed by atoms with E-state index in [2.05, 4.69) is 16.0 Å². The molecule has 0 aliphatic heterocycles. The van der Waals surface area contributed by atoms with Crippen molar-refractivity contribution in [2.24, 2.45) is 0 Å². The summed E-state index contributed by atoms with van der Waals surface area (Å²) in [5.41, 5.74) is 7.79. The van der Waals surface area contributed by atoms with Gasteiger partial charge in [-0.3, -0.25) is 14.7 Å². The fourth-order valence-electron chi connectivity index (χ4n) is 2.46. The zero-order valence-electron chi connectivity index (χ0n) is 12.9. The minimum atomic E-state index is 0.00457. The van der Waals surface area contributed by atoms with E-state index in [0.717, 1.165) is 29.0 Å². The highest BCUT2D eigenvalue weighted by Gasteiger charge is 2.23. The van der Waals surface area contributed by atoms with Gasteiger partial charge in [0.15, 0.2) is 5.82 Å². The lowest BCUT2D eigenvalue weighted by atomic mass is 10.0. The molecule has 118 valence electrons. The van der Waals surface area contributed by atoms with Crippen LogP contribution in [0.25, 0.3) is 10.6 Å². The standard InChI is InChI=1S/C17H18N4OS/c1-2-21(16(22)12-7-4-3-5-8-12)17-14(18)20-15(23-17)13-9-6-10-19-11-13/h3-4,6-7,9-11H,2,5,8,18H2,1H3. The number of hydrogen-bond donors (Lipinski definition) is 1. The van der Waals surface area contributed by atoms with Crippen molar-refractivity contribution in [3.05, 3.63) is 48.3 Å². The molecular weight excluding hydrogens is 308 g/mol. The molecule has 2 aromatic rings. The van der Waals surface area contributed by atoms with Gasteiger partial charge in [0.1, 0.15) is 10.0 Å². The first-order chi connectivity index (χ1) is 11.2. The lowest BCUT2D eigenvalue weighted by molar-refractivity contribution is -0.115. The SMILES string of the molecule is CCN(C(=O)C1=CC=CCC1)c1sc(-c2cccnc2)nc1N. The molecule has 1 aliphatic rings. The summed E-state index contributed by atoms with van der Waals surface area (Å²) < 4.78 is 0. The second kappa shape index (κ2) is 6.75. The number of thiazole rings is 1. The fraction of sp³-hybridized carbons (Fsp3) is 0.235. The molecule has 0 saturated carbocycles. The number of hydrogen-bond acceptors (Lipinski definition) is 5. The Morgan fingerprint density at radius 2 is 2.35 bits per heavy atom. The molecule has 2 N–H and O–H groups in total. The van der Waals surface area contributed by atoms with Crippen LogP contribution < -0.4 is 10.6 Å². The number of nitrogens with zero attached hydrogens (tertiary/aromatic N) is 3. The zero-order valence-corrected chi connectivity index (χ0v) is 13.7. The minimum Gasteiger partial charge on any atom is -0.381 e. The van der Waals surface area contributed by atoms with Crippen LogP contribution in [0.15, 0.2) is 48.3 Å². The maximum absolute atomic E-state index is 12.8. The first-order valence-electron chi connectivity index (χ1n) is 7.55. The molecule has 0 aromatic carbocycles. The Morgan fingerprint density at radius 3 is 3.00 bits per heavy atom. The normalized spacial score (nSPS) is 13.7. The Bertz CT molecular complexity index is 764. The van der Waals surface area contributed by atoms with Gasteiger partial charge in [-0.25, -0.2) is 4.98 Å². The second-order valence-corrected chi connectivity index (χ2v) is 6.14. The third-order valence-corrected chi connectivity index (χ3v) is 4.78. The van der Waals surface area contributed by atoms with E-state index in [0.29, 0.717) is 17.4 Å². The van der Waals surface area contributed by atoms with E-state index < -0.39 is 0 Å². The number of rotatable bonds is 4. The van der Waals surface area contributed by atoms with Gasteiger partial charge >= 0.3 is 0 Å². The van der Waals surface area contributed by atoms with Crippen LogP contribution in [-0.2, 0) is 4.79 Å². The summed E-state index contributed by atoms with van der Waals surface area (Å²) in [5, 5.41) is 1.47. The second-order valence-electron chi connectivity index (χ2n) is 5.16. The number of aromatic nitrogens is 2. The van der Waals surface area contributed by atoms with Crippen LogP contribution in [0.3, 0.4) is 0 Å². The number of nitrogen functional groups attached to an aromatic ring is 1. The summed E-state index contributed by atoms with van der Waals surface area (Å²) in [7, 11) is 0. The number of anilines is 2. The van der Waals surface area contributed by atoms with E-state index in [1.807, 2.05) is 31.2 Å². The van der Waals surface area contributed by atoms with E-state index in [4.69, 9.17) is 5.73 Å². The number of allylic oxidation sites excluding steroid dienone is 3. The molecule has 0 radical (unpaired) electrons. The Balaban J connectivity index is 1.93. The van der Waals surface area contributed by atoms with E-state index in [9.17, 15) is 4.79 Å². The van der Waals surface area contributed by atoms with Gasteiger partial charge in [-0.2, -0.15) is 0 Å². The Morgan fingerprint density at radius 1 is 1.48 bits per heavy atom. The average Bonchev–Trinajstić information content (AvgIpc) is 2.99. The van der Waals surface area contributed by atoms with Crippen molar-refractivity contribution < 1.29 is 4.79 Å². The van der Waals surface area contributed by atoms with Crippen LogP contribution in [0.4, 0.5) is 10.8 Å². The van der Waals surface area contributed by atoms with Crippen LogP contribution >= 0.6 is 11.3 Å². The summed E-state index contributed by atoms with van der Waals surface area (Å²) in [6.07, 6.45) is 11.0. The summed E-state index contributed by atoms with van der Waals surface area (Å²) in [4.78, 5) is 23.0. The van der Waals surface area contributed by atoms with Crippen molar-refractivity contribution in [1.29, 1.82) is 0 Å². The van der Waals surface area contributed by atoms with Crippen LogP contribution in [0.2, 0.25) is 0 Å². The molecule has 3 rings (SSSR count). The van der Waals surface area contributed by atoms with Gasteiger partial charge in [-0.05, 0) is 31.9 Å². The molecule has 5 nitrogen and oxygen atoms in total. The highest BCUT2D eigenvalue weighted by Crippen LogP contribution is 2.37. The molecule has 0 bridgehead atoms. The lowest BCUT2D eigenvalue weighted by Crippen LogP contribution is -2.32. The van der Waals surface area contributed by atoms with Crippen LogP contribution in [-0.4, -0.2) is 22.4 Å². The fourth-order valence-corrected chi connectivity index (χ4v) is 3.50. The highest BCUT2D eigenvalue weighted by molar-refractivity contribution is 7.19. The number of carbonyl (C=O) groups excluding carboxylic acids is 1. The molecule has 0 spiro atoms. The topological polar surface area (TPSA) is 72.1 Å². The molecule has 6 heteroatoms. The maximum atomic E-state index is 12.8. The lowest BCUT2D eigenvalue weighted by Gasteiger charge is -2.21. The largest absolute Gasteiger partial charge is 0.381 e. The van der Waals surface area contributed by atoms with Gasteiger partial charge < -0.3 is 5.73 Å². The molecule has 2 heterocycles. The molecule has 0 unspecified atom stereocenters. The molecule has 0 atom stereocenters. The summed E-state index contributed by atoms with van der Waals surface area (Å²) in [6.45, 7) is 2.50. The van der Waals surface area contributed by atoms with Crippen molar-refractivity contribution in [2.45, 2.75) is 19.8 Å². The number of pyridine rings is 1. The third-order valence-electron chi connectivity index (χ3n) is 3.64. The Kier molecular flexibility index (Phi) is 4.52. The average molecular weight is 326 g/mol. The molecule has 0 saturated heterocycles. The van der Waals surface area contributed by atoms with E-state index in [1.54, 1.807) is 17.3 Å². The maximum Gasteiger partial charge on any atom is 0.254 e. The summed E-state index contributed by atoms with van der Waals surface area (Å²) in [5.74, 6) is 0.390. The number of nitrogens with two attached hydrogens (primary N) is 1. The monoisotopic (exact) mass is 326 g/mol. The Hall–Kier alpha value is -2.47. The van der Waals surface area contributed by atoms with Gasteiger partial charge in [0, 0.05) is 30.1 Å². The minimum absolute atomic E-state index is 0.00457. The van der Waals surface area contributed by atoms with E-state index >= 15 is 0 Å². The van der Waals surface area contributed by atoms with Crippen molar-refractivity contribution >= 4 is 28.1 Å².